The minimum atomic E-state index is -0.313. The van der Waals surface area contributed by atoms with Gasteiger partial charge in [-0.2, -0.15) is 0 Å². The quantitative estimate of drug-likeness (QED) is 0.553. The molecule has 0 radical (unpaired) electrons. The summed E-state index contributed by atoms with van der Waals surface area (Å²) in [7, 11) is 1.54. The van der Waals surface area contributed by atoms with E-state index in [0.29, 0.717) is 43.5 Å². The van der Waals surface area contributed by atoms with Gasteiger partial charge < -0.3 is 15.0 Å². The number of H-pyrrole nitrogens is 1. The number of pyridine rings is 1. The molecule has 0 bridgehead atoms. The van der Waals surface area contributed by atoms with Crippen LogP contribution in [0.1, 0.15) is 15.2 Å². The lowest BCUT2D eigenvalue weighted by Crippen LogP contribution is -2.13. The van der Waals surface area contributed by atoms with Gasteiger partial charge in [0.05, 0.1) is 23.1 Å². The Kier molecular flexibility index (Phi) is 4.62. The van der Waals surface area contributed by atoms with Crippen LogP contribution in [0.15, 0.2) is 53.6 Å². The van der Waals surface area contributed by atoms with Gasteiger partial charge in [-0.05, 0) is 36.8 Å². The molecule has 1 amide bonds. The highest BCUT2D eigenvalue weighted by Gasteiger charge is 2.20. The molecule has 0 saturated carbocycles. The SMILES string of the molecule is COc1ccccc1NC(=O)c1sc2nc(-c3cccnc3)[nH]c(=O)c2c1C. The fourth-order valence-corrected chi connectivity index (χ4v) is 4.00. The third kappa shape index (κ3) is 3.14. The zero-order valence-electron chi connectivity index (χ0n) is 15.1. The lowest BCUT2D eigenvalue weighted by Gasteiger charge is -2.09. The molecule has 4 aromatic rings. The fraction of sp³-hybridized carbons (Fsp3) is 0.100. The highest BCUT2D eigenvalue weighted by molar-refractivity contribution is 7.20. The van der Waals surface area contributed by atoms with Gasteiger partial charge in [0.25, 0.3) is 11.5 Å². The molecule has 0 aliphatic carbocycles. The Bertz CT molecular complexity index is 1230. The zero-order valence-corrected chi connectivity index (χ0v) is 16.0. The molecule has 2 N–H and O–H groups in total. The van der Waals surface area contributed by atoms with Crippen LogP contribution in [0.3, 0.4) is 0 Å². The lowest BCUT2D eigenvalue weighted by atomic mass is 10.2. The van der Waals surface area contributed by atoms with Crippen molar-refractivity contribution < 1.29 is 9.53 Å². The first-order valence-electron chi connectivity index (χ1n) is 8.46. The second-order valence-electron chi connectivity index (χ2n) is 6.05. The summed E-state index contributed by atoms with van der Waals surface area (Å²) in [6.07, 6.45) is 3.27. The lowest BCUT2D eigenvalue weighted by molar-refractivity contribution is 0.102. The normalized spacial score (nSPS) is 10.8. The Hall–Kier alpha value is -3.52. The number of carbonyl (C=O) groups is 1. The Labute approximate surface area is 164 Å². The highest BCUT2D eigenvalue weighted by atomic mass is 32.1. The van der Waals surface area contributed by atoms with Crippen molar-refractivity contribution in [3.05, 3.63) is 69.6 Å². The van der Waals surface area contributed by atoms with E-state index in [1.54, 1.807) is 44.6 Å². The summed E-state index contributed by atoms with van der Waals surface area (Å²) in [5.74, 6) is 0.667. The van der Waals surface area contributed by atoms with Crippen molar-refractivity contribution in [3.63, 3.8) is 0 Å². The van der Waals surface area contributed by atoms with Crippen LogP contribution in [0.5, 0.6) is 5.75 Å². The third-order valence-corrected chi connectivity index (χ3v) is 5.48. The molecule has 0 atom stereocenters. The van der Waals surface area contributed by atoms with Crippen molar-refractivity contribution in [1.29, 1.82) is 0 Å². The van der Waals surface area contributed by atoms with E-state index in [2.05, 4.69) is 20.3 Å². The molecule has 0 fully saturated rings. The number of nitrogens with zero attached hydrogens (tertiary/aromatic N) is 2. The van der Waals surface area contributed by atoms with Crippen molar-refractivity contribution in [2.75, 3.05) is 12.4 Å². The largest absolute Gasteiger partial charge is 0.495 e. The van der Waals surface area contributed by atoms with Gasteiger partial charge in [0.1, 0.15) is 16.4 Å². The number of anilines is 1. The Morgan fingerprint density at radius 1 is 1.21 bits per heavy atom. The molecule has 28 heavy (non-hydrogen) atoms. The number of aromatic amines is 1. The molecule has 0 aliphatic heterocycles. The number of ether oxygens (including phenoxy) is 1. The summed E-state index contributed by atoms with van der Waals surface area (Å²) >= 11 is 1.18. The van der Waals surface area contributed by atoms with Crippen LogP contribution in [-0.2, 0) is 0 Å². The first kappa shape index (κ1) is 17.9. The predicted molar refractivity (Wildman–Crippen MR) is 109 cm³/mol. The van der Waals surface area contributed by atoms with Gasteiger partial charge in [-0.3, -0.25) is 14.6 Å². The van der Waals surface area contributed by atoms with E-state index in [1.165, 1.54) is 11.3 Å². The number of fused-ring (bicyclic) bond motifs is 1. The number of hydrogen-bond donors (Lipinski definition) is 2. The number of aromatic nitrogens is 3. The maximum atomic E-state index is 12.8. The molecule has 0 aliphatic rings. The molecule has 0 spiro atoms. The van der Waals surface area contributed by atoms with E-state index < -0.39 is 0 Å². The summed E-state index contributed by atoms with van der Waals surface area (Å²) in [5, 5.41) is 3.26. The summed E-state index contributed by atoms with van der Waals surface area (Å²) < 4.78 is 5.27. The van der Waals surface area contributed by atoms with Gasteiger partial charge in [0.15, 0.2) is 0 Å². The number of aryl methyl sites for hydroxylation is 1. The smallest absolute Gasteiger partial charge is 0.266 e. The van der Waals surface area contributed by atoms with E-state index in [0.717, 1.165) is 0 Å². The van der Waals surface area contributed by atoms with Crippen LogP contribution in [0.4, 0.5) is 5.69 Å². The third-order valence-electron chi connectivity index (χ3n) is 4.30. The molecule has 140 valence electrons. The van der Waals surface area contributed by atoms with Crippen molar-refractivity contribution in [2.45, 2.75) is 6.92 Å². The summed E-state index contributed by atoms with van der Waals surface area (Å²) in [5.41, 5.74) is 1.57. The molecule has 0 saturated heterocycles. The highest BCUT2D eigenvalue weighted by Crippen LogP contribution is 2.30. The van der Waals surface area contributed by atoms with E-state index in [9.17, 15) is 9.59 Å². The van der Waals surface area contributed by atoms with Crippen molar-refractivity contribution >= 4 is 33.1 Å². The fourth-order valence-electron chi connectivity index (χ4n) is 2.93. The average Bonchev–Trinajstić information content (AvgIpc) is 3.06. The molecule has 4 rings (SSSR count). The maximum Gasteiger partial charge on any atom is 0.266 e. The van der Waals surface area contributed by atoms with Crippen molar-refractivity contribution in [2.24, 2.45) is 0 Å². The minimum Gasteiger partial charge on any atom is -0.495 e. The van der Waals surface area contributed by atoms with E-state index in [-0.39, 0.29) is 11.5 Å². The number of rotatable bonds is 4. The number of benzene rings is 1. The molecular formula is C20H16N4O3S. The van der Waals surface area contributed by atoms with Crippen LogP contribution in [-0.4, -0.2) is 28.0 Å². The number of amides is 1. The minimum absolute atomic E-state index is 0.283. The Morgan fingerprint density at radius 3 is 2.79 bits per heavy atom. The Balaban J connectivity index is 1.76. The standard InChI is InChI=1S/C20H16N4O3S/c1-11-15-18(25)23-17(12-6-5-9-21-10-12)24-20(15)28-16(11)19(26)22-13-7-3-4-8-14(13)27-2/h3-10H,1-2H3,(H,22,26)(H,23,24,25). The van der Waals surface area contributed by atoms with Crippen LogP contribution < -0.4 is 15.6 Å². The molecule has 3 heterocycles. The van der Waals surface area contributed by atoms with Crippen molar-refractivity contribution in [3.8, 4) is 17.1 Å². The van der Waals surface area contributed by atoms with Gasteiger partial charge in [0.2, 0.25) is 0 Å². The monoisotopic (exact) mass is 392 g/mol. The van der Waals surface area contributed by atoms with Crippen LogP contribution in [0, 0.1) is 6.92 Å². The average molecular weight is 392 g/mol. The summed E-state index contributed by atoms with van der Waals surface area (Å²) in [6, 6.07) is 10.7. The number of para-hydroxylation sites is 2. The molecular weight excluding hydrogens is 376 g/mol. The number of nitrogens with one attached hydrogen (secondary N) is 2. The molecule has 3 aromatic heterocycles. The predicted octanol–water partition coefficient (Wildman–Crippen LogP) is 3.62. The van der Waals surface area contributed by atoms with Gasteiger partial charge in [-0.1, -0.05) is 12.1 Å². The summed E-state index contributed by atoms with van der Waals surface area (Å²) in [6.45, 7) is 1.75. The maximum absolute atomic E-state index is 12.8. The topological polar surface area (TPSA) is 97.0 Å². The number of thiophene rings is 1. The Morgan fingerprint density at radius 2 is 2.04 bits per heavy atom. The zero-order chi connectivity index (χ0) is 19.7. The van der Waals surface area contributed by atoms with Crippen molar-refractivity contribution in [1.82, 2.24) is 15.0 Å². The van der Waals surface area contributed by atoms with Crippen LogP contribution >= 0.6 is 11.3 Å². The van der Waals surface area contributed by atoms with Gasteiger partial charge in [-0.15, -0.1) is 11.3 Å². The van der Waals surface area contributed by atoms with Gasteiger partial charge >= 0.3 is 0 Å². The first-order valence-corrected chi connectivity index (χ1v) is 9.28. The molecule has 8 heteroatoms. The first-order chi connectivity index (χ1) is 13.6. The van der Waals surface area contributed by atoms with E-state index >= 15 is 0 Å². The van der Waals surface area contributed by atoms with Crippen LogP contribution in [0.2, 0.25) is 0 Å². The number of methoxy groups -OCH3 is 1. The molecule has 0 unspecified atom stereocenters. The molecule has 7 nitrogen and oxygen atoms in total. The molecule has 1 aromatic carbocycles. The second-order valence-corrected chi connectivity index (χ2v) is 7.05. The number of carbonyl (C=O) groups excluding carboxylic acids is 1. The van der Waals surface area contributed by atoms with E-state index in [4.69, 9.17) is 4.74 Å². The van der Waals surface area contributed by atoms with E-state index in [1.807, 2.05) is 18.2 Å². The summed E-state index contributed by atoms with van der Waals surface area (Å²) in [4.78, 5) is 37.8. The van der Waals surface area contributed by atoms with Crippen LogP contribution in [0.25, 0.3) is 21.6 Å². The van der Waals surface area contributed by atoms with Gasteiger partial charge in [-0.25, -0.2) is 4.98 Å². The second kappa shape index (κ2) is 7.24. The number of hydrogen-bond acceptors (Lipinski definition) is 6. The van der Waals surface area contributed by atoms with Gasteiger partial charge in [0, 0.05) is 18.0 Å².